The summed E-state index contributed by atoms with van der Waals surface area (Å²) in [7, 11) is 3.15. The van der Waals surface area contributed by atoms with Crippen LogP contribution < -0.4 is 5.32 Å². The third-order valence-electron chi connectivity index (χ3n) is 3.92. The predicted molar refractivity (Wildman–Crippen MR) is 73.6 cm³/mol. The lowest BCUT2D eigenvalue weighted by Crippen LogP contribution is -2.45. The Hall–Kier alpha value is -1.10. The van der Waals surface area contributed by atoms with Gasteiger partial charge in [-0.2, -0.15) is 0 Å². The van der Waals surface area contributed by atoms with Gasteiger partial charge in [0.2, 0.25) is 5.91 Å². The quantitative estimate of drug-likeness (QED) is 0.733. The molecule has 1 rings (SSSR count). The van der Waals surface area contributed by atoms with Crippen LogP contribution in [0.4, 0.5) is 0 Å². The lowest BCUT2D eigenvalue weighted by Gasteiger charge is -2.32. The minimum atomic E-state index is -0.285. The van der Waals surface area contributed by atoms with Crippen LogP contribution in [-0.2, 0) is 14.3 Å². The van der Waals surface area contributed by atoms with Gasteiger partial charge in [-0.1, -0.05) is 20.3 Å². The Labute approximate surface area is 115 Å². The van der Waals surface area contributed by atoms with Gasteiger partial charge >= 0.3 is 5.97 Å². The Balaban J connectivity index is 2.66. The number of methoxy groups -OCH3 is 1. The van der Waals surface area contributed by atoms with Crippen LogP contribution in [0, 0.1) is 11.3 Å². The van der Waals surface area contributed by atoms with E-state index in [2.05, 4.69) is 12.2 Å². The zero-order valence-corrected chi connectivity index (χ0v) is 12.5. The van der Waals surface area contributed by atoms with Crippen molar-refractivity contribution in [3.05, 3.63) is 0 Å². The van der Waals surface area contributed by atoms with Gasteiger partial charge < -0.3 is 15.0 Å². The fourth-order valence-electron chi connectivity index (χ4n) is 2.90. The summed E-state index contributed by atoms with van der Waals surface area (Å²) in [5.41, 5.74) is -0.278. The Bertz CT molecular complexity index is 325. The molecule has 0 spiro atoms. The van der Waals surface area contributed by atoms with E-state index >= 15 is 0 Å². The van der Waals surface area contributed by atoms with E-state index in [0.29, 0.717) is 6.54 Å². The molecule has 110 valence electrons. The third kappa shape index (κ3) is 3.69. The highest BCUT2D eigenvalue weighted by Crippen LogP contribution is 2.33. The van der Waals surface area contributed by atoms with Crippen molar-refractivity contribution in [1.29, 1.82) is 0 Å². The lowest BCUT2D eigenvalue weighted by molar-refractivity contribution is -0.147. The molecule has 1 fully saturated rings. The summed E-state index contributed by atoms with van der Waals surface area (Å²) >= 11 is 0. The van der Waals surface area contributed by atoms with Crippen molar-refractivity contribution in [3.63, 3.8) is 0 Å². The molecule has 0 aromatic rings. The topological polar surface area (TPSA) is 58.6 Å². The number of nitrogens with one attached hydrogen (secondary N) is 1. The van der Waals surface area contributed by atoms with Crippen LogP contribution in [0.25, 0.3) is 0 Å². The monoisotopic (exact) mass is 270 g/mol. The van der Waals surface area contributed by atoms with Gasteiger partial charge in [0.15, 0.2) is 0 Å². The van der Waals surface area contributed by atoms with Crippen molar-refractivity contribution >= 4 is 11.9 Å². The van der Waals surface area contributed by atoms with Crippen molar-refractivity contribution in [2.24, 2.45) is 11.3 Å². The molecule has 2 atom stereocenters. The molecule has 19 heavy (non-hydrogen) atoms. The zero-order valence-electron chi connectivity index (χ0n) is 12.5. The normalized spacial score (nSPS) is 24.0. The maximum Gasteiger partial charge on any atom is 0.310 e. The van der Waals surface area contributed by atoms with Crippen molar-refractivity contribution in [3.8, 4) is 0 Å². The number of hydrogen-bond acceptors (Lipinski definition) is 4. The number of carbonyl (C=O) groups excluding carboxylic acids is 2. The molecule has 5 heteroatoms. The van der Waals surface area contributed by atoms with E-state index in [0.717, 1.165) is 32.4 Å². The first-order chi connectivity index (χ1) is 8.96. The maximum absolute atomic E-state index is 12.6. The van der Waals surface area contributed by atoms with Crippen LogP contribution in [-0.4, -0.2) is 50.6 Å². The summed E-state index contributed by atoms with van der Waals surface area (Å²) in [6.07, 6.45) is 2.78. The van der Waals surface area contributed by atoms with Crippen LogP contribution in [0.1, 0.15) is 33.1 Å². The number of carbonyl (C=O) groups is 2. The molecule has 0 aromatic carbocycles. The molecular formula is C14H26N2O3. The molecule has 5 nitrogen and oxygen atoms in total. The second kappa shape index (κ2) is 6.89. The Kier molecular flexibility index (Phi) is 5.79. The minimum Gasteiger partial charge on any atom is -0.469 e. The average molecular weight is 270 g/mol. The highest BCUT2D eigenvalue weighted by molar-refractivity contribution is 5.84. The second-order valence-electron chi connectivity index (χ2n) is 5.57. The predicted octanol–water partition coefficient (Wildman–Crippen LogP) is 1.03. The van der Waals surface area contributed by atoms with Gasteiger partial charge in [0.1, 0.15) is 0 Å². The largest absolute Gasteiger partial charge is 0.469 e. The molecule has 2 unspecified atom stereocenters. The van der Waals surface area contributed by atoms with Crippen LogP contribution in [0.2, 0.25) is 0 Å². The smallest absolute Gasteiger partial charge is 0.310 e. The second-order valence-corrected chi connectivity index (χ2v) is 5.57. The first-order valence-electron chi connectivity index (χ1n) is 7.01. The van der Waals surface area contributed by atoms with Crippen molar-refractivity contribution < 1.29 is 14.3 Å². The summed E-state index contributed by atoms with van der Waals surface area (Å²) in [6.45, 7) is 5.94. The number of nitrogens with zero attached hydrogens (tertiary/aromatic N) is 1. The van der Waals surface area contributed by atoms with E-state index in [-0.39, 0.29) is 23.2 Å². The molecule has 1 amide bonds. The number of esters is 1. The summed E-state index contributed by atoms with van der Waals surface area (Å²) in [5, 5.41) is 3.28. The Morgan fingerprint density at radius 3 is 2.63 bits per heavy atom. The van der Waals surface area contributed by atoms with E-state index in [1.165, 1.54) is 7.11 Å². The van der Waals surface area contributed by atoms with E-state index < -0.39 is 0 Å². The average Bonchev–Trinajstić information content (AvgIpc) is 2.86. The molecule has 0 bridgehead atoms. The van der Waals surface area contributed by atoms with E-state index in [9.17, 15) is 9.59 Å². The summed E-state index contributed by atoms with van der Waals surface area (Å²) in [5.74, 6) is -0.407. The summed E-state index contributed by atoms with van der Waals surface area (Å²) in [4.78, 5) is 25.7. The van der Waals surface area contributed by atoms with E-state index in [1.54, 1.807) is 18.9 Å². The van der Waals surface area contributed by atoms with Gasteiger partial charge in [0, 0.05) is 20.1 Å². The van der Waals surface area contributed by atoms with Gasteiger partial charge in [-0.25, -0.2) is 0 Å². The fraction of sp³-hybridized carbons (Fsp3) is 0.857. The first kappa shape index (κ1) is 16.0. The van der Waals surface area contributed by atoms with Crippen molar-refractivity contribution in [1.82, 2.24) is 10.2 Å². The molecule has 1 N–H and O–H groups in total. The molecule has 1 aliphatic heterocycles. The number of rotatable bonds is 6. The first-order valence-corrected chi connectivity index (χ1v) is 7.01. The van der Waals surface area contributed by atoms with Gasteiger partial charge in [-0.05, 0) is 19.4 Å². The fourth-order valence-corrected chi connectivity index (χ4v) is 2.90. The SMILES string of the molecule is CCCC1(C(=O)N(C)CC(C)C(=O)OC)CCNC1. The molecule has 1 heterocycles. The standard InChI is InChI=1S/C14H26N2O3/c1-5-6-14(7-8-15-10-14)13(18)16(3)9-11(2)12(17)19-4/h11,15H,5-10H2,1-4H3. The molecule has 0 aliphatic carbocycles. The molecule has 1 aliphatic rings. The van der Waals surface area contributed by atoms with Gasteiger partial charge in [-0.15, -0.1) is 0 Å². The number of amides is 1. The van der Waals surface area contributed by atoms with Crippen molar-refractivity contribution in [2.75, 3.05) is 33.8 Å². The number of hydrogen-bond donors (Lipinski definition) is 1. The van der Waals surface area contributed by atoms with Gasteiger partial charge in [-0.3, -0.25) is 9.59 Å². The Morgan fingerprint density at radius 1 is 1.47 bits per heavy atom. The zero-order chi connectivity index (χ0) is 14.5. The molecule has 0 aromatic heterocycles. The molecule has 1 saturated heterocycles. The summed E-state index contributed by atoms with van der Waals surface area (Å²) < 4.78 is 4.70. The van der Waals surface area contributed by atoms with Gasteiger partial charge in [0.25, 0.3) is 0 Å². The van der Waals surface area contributed by atoms with E-state index in [4.69, 9.17) is 4.74 Å². The van der Waals surface area contributed by atoms with Crippen LogP contribution in [0.3, 0.4) is 0 Å². The Morgan fingerprint density at radius 2 is 2.16 bits per heavy atom. The minimum absolute atomic E-state index is 0.148. The maximum atomic E-state index is 12.6. The van der Waals surface area contributed by atoms with Crippen molar-refractivity contribution in [2.45, 2.75) is 33.1 Å². The summed E-state index contributed by atoms with van der Waals surface area (Å²) in [6, 6.07) is 0. The van der Waals surface area contributed by atoms with E-state index in [1.807, 2.05) is 0 Å². The number of ether oxygens (including phenoxy) is 1. The lowest BCUT2D eigenvalue weighted by atomic mass is 9.81. The van der Waals surface area contributed by atoms with Crippen LogP contribution >= 0.6 is 0 Å². The highest BCUT2D eigenvalue weighted by atomic mass is 16.5. The molecule has 0 saturated carbocycles. The highest BCUT2D eigenvalue weighted by Gasteiger charge is 2.42. The van der Waals surface area contributed by atoms with Crippen LogP contribution in [0.5, 0.6) is 0 Å². The third-order valence-corrected chi connectivity index (χ3v) is 3.92. The molecule has 0 radical (unpaired) electrons. The molecular weight excluding hydrogens is 244 g/mol. The van der Waals surface area contributed by atoms with Crippen LogP contribution in [0.15, 0.2) is 0 Å². The van der Waals surface area contributed by atoms with Gasteiger partial charge in [0.05, 0.1) is 18.4 Å².